The maximum absolute atomic E-state index is 13.9. The molecule has 5 heteroatoms. The molecule has 1 amide bonds. The summed E-state index contributed by atoms with van der Waals surface area (Å²) in [6, 6.07) is 15.9. The van der Waals surface area contributed by atoms with E-state index in [9.17, 15) is 9.18 Å². The van der Waals surface area contributed by atoms with E-state index < -0.39 is 0 Å². The molecule has 3 aromatic rings. The number of amides is 1. The molecule has 6 rings (SSSR count). The smallest absolute Gasteiger partial charge is 0.226 e. The van der Waals surface area contributed by atoms with E-state index in [-0.39, 0.29) is 23.3 Å². The molecule has 0 radical (unpaired) electrons. The molecule has 1 atom stereocenters. The van der Waals surface area contributed by atoms with E-state index in [0.717, 1.165) is 51.5 Å². The van der Waals surface area contributed by atoms with Crippen molar-refractivity contribution in [3.05, 3.63) is 71.2 Å². The van der Waals surface area contributed by atoms with Gasteiger partial charge in [0.15, 0.2) is 0 Å². The van der Waals surface area contributed by atoms with Gasteiger partial charge in [0, 0.05) is 35.1 Å². The second kappa shape index (κ2) is 9.33. The summed E-state index contributed by atoms with van der Waals surface area (Å²) in [5.41, 5.74) is 4.83. The average Bonchev–Trinajstić information content (AvgIpc) is 3.55. The summed E-state index contributed by atoms with van der Waals surface area (Å²) in [4.78, 5) is 22.3. The molecule has 4 nitrogen and oxygen atoms in total. The van der Waals surface area contributed by atoms with Crippen molar-refractivity contribution in [1.29, 1.82) is 0 Å². The van der Waals surface area contributed by atoms with Gasteiger partial charge in [0.2, 0.25) is 5.91 Å². The topological polar surface area (TPSA) is 39.3 Å². The van der Waals surface area contributed by atoms with Crippen molar-refractivity contribution in [2.75, 3.05) is 20.6 Å². The number of aromatic amines is 1. The van der Waals surface area contributed by atoms with Crippen LogP contribution in [0, 0.1) is 17.7 Å². The van der Waals surface area contributed by atoms with E-state index >= 15 is 0 Å². The van der Waals surface area contributed by atoms with Gasteiger partial charge in [-0.1, -0.05) is 43.2 Å². The molecule has 0 saturated heterocycles. The van der Waals surface area contributed by atoms with E-state index in [2.05, 4.69) is 53.1 Å². The molecule has 2 saturated carbocycles. The number of nitrogens with one attached hydrogen (secondary N) is 1. The number of aromatic nitrogens is 1. The summed E-state index contributed by atoms with van der Waals surface area (Å²) in [7, 11) is 4.26. The van der Waals surface area contributed by atoms with Crippen molar-refractivity contribution in [3.8, 4) is 0 Å². The molecule has 2 aliphatic carbocycles. The van der Waals surface area contributed by atoms with Crippen molar-refractivity contribution < 1.29 is 9.18 Å². The maximum Gasteiger partial charge on any atom is 0.226 e. The number of nitrogens with zero attached hydrogens (tertiary/aromatic N) is 2. The average molecular weight is 488 g/mol. The molecular formula is C31H38FN3O. The number of H-pyrrole nitrogens is 1. The predicted molar refractivity (Wildman–Crippen MR) is 142 cm³/mol. The summed E-state index contributed by atoms with van der Waals surface area (Å²) >= 11 is 0. The Hall–Kier alpha value is -2.66. The second-order valence-corrected chi connectivity index (χ2v) is 11.6. The summed E-state index contributed by atoms with van der Waals surface area (Å²) < 4.78 is 13.7. The third kappa shape index (κ3) is 3.87. The Morgan fingerprint density at radius 2 is 1.72 bits per heavy atom. The number of fused-ring (bicyclic) bond motifs is 4. The summed E-state index contributed by atoms with van der Waals surface area (Å²) in [5.74, 6) is 0.861. The number of halogens is 1. The number of hydrogen-bond donors (Lipinski definition) is 1. The summed E-state index contributed by atoms with van der Waals surface area (Å²) in [6.45, 7) is 0.823. The van der Waals surface area contributed by atoms with Crippen LogP contribution in [0.2, 0.25) is 0 Å². The van der Waals surface area contributed by atoms with Crippen LogP contribution < -0.4 is 0 Å². The molecular weight excluding hydrogens is 449 g/mol. The third-order valence-corrected chi connectivity index (χ3v) is 9.42. The number of carbonyl (C=O) groups excluding carboxylic acids is 1. The molecule has 1 aliphatic heterocycles. The largest absolute Gasteiger partial charge is 0.356 e. The molecule has 1 N–H and O–H groups in total. The van der Waals surface area contributed by atoms with Crippen LogP contribution >= 0.6 is 0 Å². The molecule has 36 heavy (non-hydrogen) atoms. The van der Waals surface area contributed by atoms with Crippen LogP contribution in [-0.4, -0.2) is 41.3 Å². The highest BCUT2D eigenvalue weighted by Gasteiger charge is 2.50. The Morgan fingerprint density at radius 3 is 2.42 bits per heavy atom. The minimum absolute atomic E-state index is 0.187. The number of rotatable bonds is 4. The number of hydrogen-bond acceptors (Lipinski definition) is 2. The van der Waals surface area contributed by atoms with Gasteiger partial charge in [-0.3, -0.25) is 4.79 Å². The lowest BCUT2D eigenvalue weighted by Gasteiger charge is -2.52. The van der Waals surface area contributed by atoms with Crippen LogP contribution in [0.4, 0.5) is 4.39 Å². The molecule has 2 aromatic carbocycles. The number of carbonyl (C=O) groups is 1. The normalized spacial score (nSPS) is 25.6. The van der Waals surface area contributed by atoms with Crippen LogP contribution in [0.25, 0.3) is 10.9 Å². The fourth-order valence-corrected chi connectivity index (χ4v) is 7.75. The minimum Gasteiger partial charge on any atom is -0.356 e. The first-order valence-electron chi connectivity index (χ1n) is 13.8. The monoisotopic (exact) mass is 487 g/mol. The van der Waals surface area contributed by atoms with E-state index in [4.69, 9.17) is 0 Å². The van der Waals surface area contributed by atoms with Crippen molar-refractivity contribution in [1.82, 2.24) is 14.8 Å². The van der Waals surface area contributed by atoms with Crippen molar-refractivity contribution in [2.45, 2.75) is 69.4 Å². The molecule has 2 heterocycles. The Bertz CT molecular complexity index is 1230. The molecule has 1 spiro atoms. The highest BCUT2D eigenvalue weighted by molar-refractivity contribution is 5.87. The molecule has 3 aliphatic rings. The third-order valence-electron chi connectivity index (χ3n) is 9.42. The standard InChI is InChI=1S/C31H38FN3O/c1-34(2)28(21-11-13-24(32)14-12-21)22-15-18-31(19-16-22)29-26(25-9-5-6-10-27(25)33-29)17-20-35(31)30(36)23-7-3-4-8-23/h5-6,9-14,22-23,28,33H,3-4,7-8,15-20H2,1-2H3. The van der Waals surface area contributed by atoms with E-state index in [1.54, 1.807) is 12.1 Å². The predicted octanol–water partition coefficient (Wildman–Crippen LogP) is 6.57. The zero-order valence-electron chi connectivity index (χ0n) is 21.6. The quantitative estimate of drug-likeness (QED) is 0.452. The maximum atomic E-state index is 13.9. The highest BCUT2D eigenvalue weighted by atomic mass is 19.1. The lowest BCUT2D eigenvalue weighted by Crippen LogP contribution is -2.56. The second-order valence-electron chi connectivity index (χ2n) is 11.6. The Balaban J connectivity index is 1.36. The van der Waals surface area contributed by atoms with E-state index in [1.807, 2.05) is 12.1 Å². The molecule has 1 aromatic heterocycles. The van der Waals surface area contributed by atoms with Gasteiger partial charge in [-0.05, 0) is 94.3 Å². The van der Waals surface area contributed by atoms with Gasteiger partial charge in [0.1, 0.15) is 5.82 Å². The SMILES string of the molecule is CN(C)C(c1ccc(F)cc1)C1CCC2(CC1)c1[nH]c3ccccc3c1CCN2C(=O)C1CCCC1. The van der Waals surface area contributed by atoms with Crippen molar-refractivity contribution in [2.24, 2.45) is 11.8 Å². The van der Waals surface area contributed by atoms with Crippen LogP contribution in [0.15, 0.2) is 48.5 Å². The number of para-hydroxylation sites is 1. The van der Waals surface area contributed by atoms with Gasteiger partial charge in [0.25, 0.3) is 0 Å². The van der Waals surface area contributed by atoms with Gasteiger partial charge < -0.3 is 14.8 Å². The molecule has 1 unspecified atom stereocenters. The number of benzene rings is 2. The first-order chi connectivity index (χ1) is 17.5. The zero-order chi connectivity index (χ0) is 24.9. The molecule has 190 valence electrons. The fraction of sp³-hybridized carbons (Fsp3) is 0.516. The van der Waals surface area contributed by atoms with Gasteiger partial charge in [-0.15, -0.1) is 0 Å². The van der Waals surface area contributed by atoms with Crippen LogP contribution in [0.1, 0.15) is 74.2 Å². The van der Waals surface area contributed by atoms with E-state index in [0.29, 0.717) is 11.8 Å². The van der Waals surface area contributed by atoms with Crippen LogP contribution in [0.3, 0.4) is 0 Å². The summed E-state index contributed by atoms with van der Waals surface area (Å²) in [5, 5.41) is 1.32. The van der Waals surface area contributed by atoms with Gasteiger partial charge in [-0.25, -0.2) is 4.39 Å². The zero-order valence-corrected chi connectivity index (χ0v) is 21.6. The van der Waals surface area contributed by atoms with Crippen LogP contribution in [-0.2, 0) is 16.8 Å². The van der Waals surface area contributed by atoms with Crippen molar-refractivity contribution >= 4 is 16.8 Å². The lowest BCUT2D eigenvalue weighted by atomic mass is 9.68. The van der Waals surface area contributed by atoms with E-state index in [1.165, 1.54) is 40.6 Å². The lowest BCUT2D eigenvalue weighted by molar-refractivity contribution is -0.146. The van der Waals surface area contributed by atoms with Gasteiger partial charge in [-0.2, -0.15) is 0 Å². The van der Waals surface area contributed by atoms with Crippen LogP contribution in [0.5, 0.6) is 0 Å². The highest BCUT2D eigenvalue weighted by Crippen LogP contribution is 2.52. The first-order valence-corrected chi connectivity index (χ1v) is 13.8. The molecule has 2 fully saturated rings. The first kappa shape index (κ1) is 23.7. The Labute approximate surface area is 213 Å². The Kier molecular flexibility index (Phi) is 6.15. The fourth-order valence-electron chi connectivity index (χ4n) is 7.75. The van der Waals surface area contributed by atoms with Crippen molar-refractivity contribution in [3.63, 3.8) is 0 Å². The minimum atomic E-state index is -0.248. The van der Waals surface area contributed by atoms with Gasteiger partial charge >= 0.3 is 0 Å². The molecule has 0 bridgehead atoms. The summed E-state index contributed by atoms with van der Waals surface area (Å²) in [6.07, 6.45) is 9.41. The Morgan fingerprint density at radius 1 is 1.03 bits per heavy atom. The van der Waals surface area contributed by atoms with Gasteiger partial charge in [0.05, 0.1) is 5.54 Å².